The zero-order valence-corrected chi connectivity index (χ0v) is 20.1. The van der Waals surface area contributed by atoms with E-state index in [1.54, 1.807) is 36.7 Å². The van der Waals surface area contributed by atoms with Crippen LogP contribution < -0.4 is 15.2 Å². The van der Waals surface area contributed by atoms with E-state index in [4.69, 9.17) is 9.47 Å². The maximum atomic E-state index is 13.1. The van der Waals surface area contributed by atoms with Gasteiger partial charge in [-0.25, -0.2) is 18.2 Å². The van der Waals surface area contributed by atoms with Crippen LogP contribution in [0, 0.1) is 6.92 Å². The van der Waals surface area contributed by atoms with Gasteiger partial charge in [0, 0.05) is 24.2 Å². The van der Waals surface area contributed by atoms with Crippen molar-refractivity contribution in [3.8, 4) is 22.8 Å². The molecule has 0 fully saturated rings. The highest BCUT2D eigenvalue weighted by atomic mass is 32.2. The van der Waals surface area contributed by atoms with E-state index in [1.807, 2.05) is 19.9 Å². The summed E-state index contributed by atoms with van der Waals surface area (Å²) in [7, 11) is -1.95. The summed E-state index contributed by atoms with van der Waals surface area (Å²) in [6, 6.07) is 7.87. The zero-order chi connectivity index (χ0) is 24.5. The molecule has 3 heterocycles. The third-order valence-corrected chi connectivity index (χ3v) is 6.32. The lowest BCUT2D eigenvalue weighted by Gasteiger charge is -2.20. The van der Waals surface area contributed by atoms with Crippen molar-refractivity contribution in [2.75, 3.05) is 25.7 Å². The number of sulfone groups is 1. The lowest BCUT2D eigenvalue weighted by Crippen LogP contribution is -2.28. The largest absolute Gasteiger partial charge is 0.493 e. The molecule has 3 aromatic heterocycles. The van der Waals surface area contributed by atoms with Gasteiger partial charge in [-0.15, -0.1) is 0 Å². The Bertz CT molecular complexity index is 1510. The van der Waals surface area contributed by atoms with E-state index in [0.717, 1.165) is 11.8 Å². The zero-order valence-electron chi connectivity index (χ0n) is 19.3. The molecule has 4 rings (SSSR count). The number of methoxy groups -OCH3 is 1. The Labute approximate surface area is 196 Å². The number of benzene rings is 1. The maximum absolute atomic E-state index is 13.1. The molecule has 1 atom stereocenters. The van der Waals surface area contributed by atoms with Gasteiger partial charge < -0.3 is 14.5 Å². The van der Waals surface area contributed by atoms with Crippen molar-refractivity contribution < 1.29 is 17.9 Å². The number of pyridine rings is 1. The van der Waals surface area contributed by atoms with Crippen molar-refractivity contribution in [1.82, 2.24) is 24.7 Å². The Balaban J connectivity index is 1.89. The smallest absolute Gasteiger partial charge is 0.328 e. The highest BCUT2D eigenvalue weighted by Gasteiger charge is 2.26. The van der Waals surface area contributed by atoms with Crippen LogP contribution >= 0.6 is 0 Å². The fourth-order valence-electron chi connectivity index (χ4n) is 3.89. The molecule has 0 spiro atoms. The van der Waals surface area contributed by atoms with Gasteiger partial charge in [0.1, 0.15) is 9.84 Å². The molecule has 11 heteroatoms. The van der Waals surface area contributed by atoms with Crippen molar-refractivity contribution in [2.24, 2.45) is 0 Å². The van der Waals surface area contributed by atoms with Crippen molar-refractivity contribution >= 4 is 21.0 Å². The number of H-pyrrole nitrogens is 1. The first-order valence-corrected chi connectivity index (χ1v) is 12.6. The Morgan fingerprint density at radius 2 is 1.97 bits per heavy atom. The summed E-state index contributed by atoms with van der Waals surface area (Å²) in [4.78, 5) is 20.4. The van der Waals surface area contributed by atoms with Gasteiger partial charge in [0.05, 0.1) is 36.7 Å². The van der Waals surface area contributed by atoms with E-state index in [0.29, 0.717) is 46.1 Å². The van der Waals surface area contributed by atoms with Crippen LogP contribution in [0.25, 0.3) is 22.4 Å². The normalized spacial score (nSPS) is 12.6. The molecular weight excluding hydrogens is 458 g/mol. The second kappa shape index (κ2) is 9.26. The Hall–Kier alpha value is -3.73. The van der Waals surface area contributed by atoms with Crippen LogP contribution in [0.2, 0.25) is 0 Å². The molecule has 1 aromatic carbocycles. The minimum absolute atomic E-state index is 0.301. The molecule has 10 nitrogen and oxygen atoms in total. The minimum atomic E-state index is -3.47. The van der Waals surface area contributed by atoms with E-state index >= 15 is 0 Å². The minimum Gasteiger partial charge on any atom is -0.493 e. The van der Waals surface area contributed by atoms with Gasteiger partial charge in [-0.1, -0.05) is 6.07 Å². The first-order valence-electron chi connectivity index (χ1n) is 10.6. The predicted molar refractivity (Wildman–Crippen MR) is 128 cm³/mol. The van der Waals surface area contributed by atoms with Gasteiger partial charge in [0.2, 0.25) is 0 Å². The Morgan fingerprint density at radius 1 is 1.18 bits per heavy atom. The molecular formula is C23H25N5O5S. The number of rotatable bonds is 8. The average molecular weight is 484 g/mol. The molecule has 0 radical (unpaired) electrons. The summed E-state index contributed by atoms with van der Waals surface area (Å²) in [5.41, 5.74) is 3.15. The van der Waals surface area contributed by atoms with Gasteiger partial charge in [0.15, 0.2) is 17.1 Å². The summed E-state index contributed by atoms with van der Waals surface area (Å²) >= 11 is 0. The summed E-state index contributed by atoms with van der Waals surface area (Å²) < 4.78 is 37.1. The van der Waals surface area contributed by atoms with Crippen LogP contribution in [0.1, 0.15) is 24.1 Å². The first-order chi connectivity index (χ1) is 16.2. The molecule has 34 heavy (non-hydrogen) atoms. The van der Waals surface area contributed by atoms with E-state index < -0.39 is 21.6 Å². The highest BCUT2D eigenvalue weighted by Crippen LogP contribution is 2.33. The molecule has 0 aliphatic rings. The van der Waals surface area contributed by atoms with Crippen molar-refractivity contribution in [1.29, 1.82) is 0 Å². The second-order valence-corrected chi connectivity index (χ2v) is 10.1. The monoisotopic (exact) mass is 483 g/mol. The maximum Gasteiger partial charge on any atom is 0.328 e. The van der Waals surface area contributed by atoms with Gasteiger partial charge in [0.25, 0.3) is 0 Å². The second-order valence-electron chi connectivity index (χ2n) is 7.91. The summed E-state index contributed by atoms with van der Waals surface area (Å²) in [5, 5.41) is 8.09. The molecule has 0 aliphatic carbocycles. The summed E-state index contributed by atoms with van der Waals surface area (Å²) in [6.07, 6.45) is 4.33. The van der Waals surface area contributed by atoms with Crippen molar-refractivity contribution in [3.63, 3.8) is 0 Å². The molecule has 178 valence electrons. The lowest BCUT2D eigenvalue weighted by molar-refractivity contribution is 0.310. The number of aromatic nitrogens is 5. The fourth-order valence-corrected chi connectivity index (χ4v) is 4.80. The number of aryl methyl sites for hydroxylation is 1. The Morgan fingerprint density at radius 3 is 2.65 bits per heavy atom. The molecule has 1 N–H and O–H groups in total. The van der Waals surface area contributed by atoms with Crippen LogP contribution in [0.15, 0.2) is 47.5 Å². The van der Waals surface area contributed by atoms with Crippen molar-refractivity contribution in [2.45, 2.75) is 19.9 Å². The number of ether oxygens (including phenoxy) is 2. The molecule has 0 aliphatic heterocycles. The van der Waals surface area contributed by atoms with Gasteiger partial charge in [-0.05, 0) is 49.2 Å². The van der Waals surface area contributed by atoms with Crippen LogP contribution in [0.5, 0.6) is 11.5 Å². The summed E-state index contributed by atoms with van der Waals surface area (Å²) in [5.74, 6) is 0.670. The molecule has 0 saturated carbocycles. The van der Waals surface area contributed by atoms with E-state index in [1.165, 1.54) is 11.7 Å². The third-order valence-electron chi connectivity index (χ3n) is 5.40. The van der Waals surface area contributed by atoms with Crippen molar-refractivity contribution in [3.05, 3.63) is 64.3 Å². The average Bonchev–Trinajstić information content (AvgIpc) is 3.12. The van der Waals surface area contributed by atoms with E-state index in [-0.39, 0.29) is 5.75 Å². The molecule has 0 saturated heterocycles. The number of aromatic amines is 1. The molecule has 4 aromatic rings. The Kier molecular flexibility index (Phi) is 6.38. The molecule has 1 unspecified atom stereocenters. The van der Waals surface area contributed by atoms with Crippen LogP contribution in [-0.2, 0) is 9.84 Å². The summed E-state index contributed by atoms with van der Waals surface area (Å²) in [6.45, 7) is 4.14. The standard InChI is InChI=1S/C23H25N5O5S/c1-5-33-20-11-15(6-7-19(20)32-3)18(13-34(4,30)31)28-22-17(26-23(28)29)10-16(12-24-22)21-14(2)8-9-25-27-21/h6-12,18H,5,13H2,1-4H3,(H,26,29). The number of fused-ring (bicyclic) bond motifs is 1. The van der Waals surface area contributed by atoms with Crippen LogP contribution in [0.4, 0.5) is 0 Å². The van der Waals surface area contributed by atoms with E-state index in [9.17, 15) is 13.2 Å². The predicted octanol–water partition coefficient (Wildman–Crippen LogP) is 2.53. The van der Waals surface area contributed by atoms with Crippen LogP contribution in [0.3, 0.4) is 0 Å². The molecule has 0 amide bonds. The number of hydrogen-bond donors (Lipinski definition) is 1. The SMILES string of the molecule is CCOc1cc(C(CS(C)(=O)=O)n2c(=O)[nH]c3cc(-c4nnccc4C)cnc32)ccc1OC. The van der Waals surface area contributed by atoms with Crippen LogP contribution in [-0.4, -0.2) is 58.9 Å². The number of nitrogens with zero attached hydrogens (tertiary/aromatic N) is 4. The van der Waals surface area contributed by atoms with Gasteiger partial charge in [-0.2, -0.15) is 10.2 Å². The molecule has 0 bridgehead atoms. The quantitative estimate of drug-likeness (QED) is 0.405. The fraction of sp³-hybridized carbons (Fsp3) is 0.304. The van der Waals surface area contributed by atoms with E-state index in [2.05, 4.69) is 20.2 Å². The van der Waals surface area contributed by atoms with Gasteiger partial charge >= 0.3 is 5.69 Å². The highest BCUT2D eigenvalue weighted by molar-refractivity contribution is 7.90. The topological polar surface area (TPSA) is 129 Å². The number of imidazole rings is 1. The van der Waals surface area contributed by atoms with Gasteiger partial charge in [-0.3, -0.25) is 4.57 Å². The first kappa shape index (κ1) is 23.4. The number of hydrogen-bond acceptors (Lipinski definition) is 8. The lowest BCUT2D eigenvalue weighted by atomic mass is 10.1. The third kappa shape index (κ3) is 4.65. The number of nitrogens with one attached hydrogen (secondary N) is 1.